The lowest BCUT2D eigenvalue weighted by molar-refractivity contribution is -0.0436. The van der Waals surface area contributed by atoms with Gasteiger partial charge in [0.05, 0.1) is 16.3 Å². The summed E-state index contributed by atoms with van der Waals surface area (Å²) >= 11 is 0. The zero-order valence-corrected chi connectivity index (χ0v) is 15.9. The van der Waals surface area contributed by atoms with Crippen LogP contribution in [0.4, 0.5) is 30.2 Å². The van der Waals surface area contributed by atoms with E-state index in [0.717, 1.165) is 49.3 Å². The monoisotopic (exact) mass is 415 g/mol. The first-order valence-electron chi connectivity index (χ1n) is 8.40. The number of nitrogens with zero attached hydrogens (tertiary/aromatic N) is 3. The van der Waals surface area contributed by atoms with E-state index >= 15 is 0 Å². The molecule has 0 aliphatic rings. The van der Waals surface area contributed by atoms with Gasteiger partial charge in [-0.15, -0.1) is 0 Å². The van der Waals surface area contributed by atoms with Gasteiger partial charge in [0.1, 0.15) is 0 Å². The van der Waals surface area contributed by atoms with Crippen molar-refractivity contribution in [1.29, 1.82) is 0 Å². The molecule has 0 saturated heterocycles. The Morgan fingerprint density at radius 2 is 1.43 bits per heavy atom. The Hall–Kier alpha value is -2.46. The van der Waals surface area contributed by atoms with Crippen molar-refractivity contribution < 1.29 is 26.7 Å². The van der Waals surface area contributed by atoms with Gasteiger partial charge in [0.2, 0.25) is 0 Å². The van der Waals surface area contributed by atoms with Gasteiger partial charge >= 0.3 is 5.51 Å². The molecule has 28 heavy (non-hydrogen) atoms. The molecular formula is C18H20F3N3O3S. The molecule has 0 aromatic heterocycles. The quantitative estimate of drug-likeness (QED) is 0.504. The Kier molecular flexibility index (Phi) is 7.14. The lowest BCUT2D eigenvalue weighted by atomic mass is 10.2. The highest BCUT2D eigenvalue weighted by molar-refractivity contribution is 7.92. The average Bonchev–Trinajstić information content (AvgIpc) is 2.66. The van der Waals surface area contributed by atoms with E-state index in [2.05, 4.69) is 10.2 Å². The molecule has 0 atom stereocenters. The van der Waals surface area contributed by atoms with Crippen LogP contribution in [0.15, 0.2) is 63.7 Å². The van der Waals surface area contributed by atoms with E-state index in [4.69, 9.17) is 5.11 Å². The summed E-state index contributed by atoms with van der Waals surface area (Å²) in [7, 11) is -3.44. The molecular weight excluding hydrogens is 395 g/mol. The maximum atomic E-state index is 12.5. The van der Waals surface area contributed by atoms with Crippen LogP contribution in [0.3, 0.4) is 0 Å². The average molecular weight is 415 g/mol. The standard InChI is InChI=1S/C18H20F3N3O3S/c1-24(12-2-3-13-25)16-8-4-14(5-9-16)22-23-15-6-10-17(11-7-15)28(26,27)18(19,20)21/h4-11,25H,2-3,12-13H2,1H3. The van der Waals surface area contributed by atoms with Gasteiger partial charge in [-0.05, 0) is 61.4 Å². The number of hydrogen-bond donors (Lipinski definition) is 1. The van der Waals surface area contributed by atoms with Crippen LogP contribution in [-0.2, 0) is 9.84 Å². The SMILES string of the molecule is CN(CCCCO)c1ccc(N=Nc2ccc(S(=O)(=O)C(F)(F)F)cc2)cc1. The maximum absolute atomic E-state index is 12.5. The molecule has 0 radical (unpaired) electrons. The van der Waals surface area contributed by atoms with Crippen molar-refractivity contribution in [3.8, 4) is 0 Å². The van der Waals surface area contributed by atoms with E-state index in [1.165, 1.54) is 0 Å². The van der Waals surface area contributed by atoms with E-state index in [1.807, 2.05) is 24.1 Å². The largest absolute Gasteiger partial charge is 0.501 e. The zero-order chi connectivity index (χ0) is 20.8. The van der Waals surface area contributed by atoms with Crippen LogP contribution in [0.25, 0.3) is 0 Å². The van der Waals surface area contributed by atoms with E-state index in [0.29, 0.717) is 5.69 Å². The van der Waals surface area contributed by atoms with Crippen LogP contribution in [0.5, 0.6) is 0 Å². The first-order chi connectivity index (χ1) is 13.1. The minimum Gasteiger partial charge on any atom is -0.396 e. The summed E-state index contributed by atoms with van der Waals surface area (Å²) in [5.41, 5.74) is -3.60. The number of anilines is 1. The van der Waals surface area contributed by atoms with E-state index in [1.54, 1.807) is 12.1 Å². The fourth-order valence-electron chi connectivity index (χ4n) is 2.30. The third-order valence-electron chi connectivity index (χ3n) is 3.92. The van der Waals surface area contributed by atoms with Crippen molar-refractivity contribution in [1.82, 2.24) is 0 Å². The second kappa shape index (κ2) is 9.16. The molecule has 0 saturated carbocycles. The summed E-state index contributed by atoms with van der Waals surface area (Å²) in [5, 5.41) is 16.7. The topological polar surface area (TPSA) is 82.3 Å². The Bertz CT molecular complexity index is 896. The van der Waals surface area contributed by atoms with Crippen LogP contribution in [-0.4, -0.2) is 39.2 Å². The predicted molar refractivity (Wildman–Crippen MR) is 99.9 cm³/mol. The smallest absolute Gasteiger partial charge is 0.396 e. The number of aliphatic hydroxyl groups is 1. The third kappa shape index (κ3) is 5.52. The Labute approximate surface area is 161 Å². The molecule has 0 aliphatic carbocycles. The van der Waals surface area contributed by atoms with Crippen LogP contribution in [0.2, 0.25) is 0 Å². The second-order valence-corrected chi connectivity index (χ2v) is 7.95. The molecule has 1 N–H and O–H groups in total. The van der Waals surface area contributed by atoms with Crippen molar-refractivity contribution >= 4 is 26.9 Å². The van der Waals surface area contributed by atoms with Gasteiger partial charge in [-0.2, -0.15) is 23.4 Å². The van der Waals surface area contributed by atoms with Gasteiger partial charge in [0, 0.05) is 25.9 Å². The molecule has 0 spiro atoms. The van der Waals surface area contributed by atoms with Gasteiger partial charge in [0.25, 0.3) is 9.84 Å². The fraction of sp³-hybridized carbons (Fsp3) is 0.333. The molecule has 0 fully saturated rings. The summed E-state index contributed by atoms with van der Waals surface area (Å²) in [4.78, 5) is 1.20. The van der Waals surface area contributed by atoms with Gasteiger partial charge in [0.15, 0.2) is 0 Å². The molecule has 0 bridgehead atoms. The van der Waals surface area contributed by atoms with Crippen molar-refractivity contribution in [3.63, 3.8) is 0 Å². The summed E-state index contributed by atoms with van der Waals surface area (Å²) in [6, 6.07) is 11.2. The van der Waals surface area contributed by atoms with Crippen molar-refractivity contribution in [2.45, 2.75) is 23.2 Å². The van der Waals surface area contributed by atoms with Crippen molar-refractivity contribution in [2.75, 3.05) is 25.1 Å². The highest BCUT2D eigenvalue weighted by Gasteiger charge is 2.46. The first kappa shape index (κ1) is 21.8. The lowest BCUT2D eigenvalue weighted by Crippen LogP contribution is -2.23. The molecule has 10 heteroatoms. The number of hydrogen-bond acceptors (Lipinski definition) is 6. The predicted octanol–water partition coefficient (Wildman–Crippen LogP) is 4.60. The Morgan fingerprint density at radius 3 is 1.89 bits per heavy atom. The molecule has 152 valence electrons. The molecule has 0 heterocycles. The van der Waals surface area contributed by atoms with Crippen molar-refractivity contribution in [3.05, 3.63) is 48.5 Å². The number of halogens is 3. The molecule has 0 aliphatic heterocycles. The fourth-order valence-corrected chi connectivity index (χ4v) is 3.07. The van der Waals surface area contributed by atoms with Crippen molar-refractivity contribution in [2.24, 2.45) is 10.2 Å². The number of unbranched alkanes of at least 4 members (excludes halogenated alkanes) is 1. The maximum Gasteiger partial charge on any atom is 0.501 e. The van der Waals surface area contributed by atoms with Crippen LogP contribution in [0, 0.1) is 0 Å². The molecule has 0 unspecified atom stereocenters. The normalized spacial score (nSPS) is 12.5. The highest BCUT2D eigenvalue weighted by atomic mass is 32.2. The highest BCUT2D eigenvalue weighted by Crippen LogP contribution is 2.31. The Balaban J connectivity index is 2.04. The van der Waals surface area contributed by atoms with Gasteiger partial charge in [-0.25, -0.2) is 8.42 Å². The molecule has 2 rings (SSSR count). The molecule has 0 amide bonds. The first-order valence-corrected chi connectivity index (χ1v) is 9.88. The van der Waals surface area contributed by atoms with E-state index < -0.39 is 20.2 Å². The summed E-state index contributed by atoms with van der Waals surface area (Å²) in [5.74, 6) is 0. The van der Waals surface area contributed by atoms with Gasteiger partial charge < -0.3 is 10.0 Å². The second-order valence-electron chi connectivity index (χ2n) is 6.01. The third-order valence-corrected chi connectivity index (χ3v) is 5.43. The van der Waals surface area contributed by atoms with E-state index in [-0.39, 0.29) is 12.3 Å². The summed E-state index contributed by atoms with van der Waals surface area (Å²) in [6.07, 6.45) is 1.61. The number of aliphatic hydroxyl groups excluding tert-OH is 1. The number of rotatable bonds is 8. The molecule has 2 aromatic carbocycles. The summed E-state index contributed by atoms with van der Waals surface area (Å²) < 4.78 is 60.2. The minimum absolute atomic E-state index is 0.163. The number of sulfone groups is 1. The minimum atomic E-state index is -5.37. The number of benzene rings is 2. The molecule has 6 nitrogen and oxygen atoms in total. The van der Waals surface area contributed by atoms with Gasteiger partial charge in [-0.1, -0.05) is 0 Å². The zero-order valence-electron chi connectivity index (χ0n) is 15.1. The van der Waals surface area contributed by atoms with Crippen LogP contribution >= 0.6 is 0 Å². The van der Waals surface area contributed by atoms with Gasteiger partial charge in [-0.3, -0.25) is 0 Å². The number of azo groups is 1. The Morgan fingerprint density at radius 1 is 0.929 bits per heavy atom. The van der Waals surface area contributed by atoms with Crippen LogP contribution < -0.4 is 4.90 Å². The lowest BCUT2D eigenvalue weighted by Gasteiger charge is -2.18. The van der Waals surface area contributed by atoms with E-state index in [9.17, 15) is 21.6 Å². The number of alkyl halides is 3. The molecule has 2 aromatic rings. The summed E-state index contributed by atoms with van der Waals surface area (Å²) in [6.45, 7) is 0.963. The van der Waals surface area contributed by atoms with Crippen LogP contribution in [0.1, 0.15) is 12.8 Å².